The maximum Gasteiger partial charge on any atom is 0.141 e. The second-order valence-electron chi connectivity index (χ2n) is 5.35. The minimum Gasteiger partial charge on any atom is -0.347 e. The molecule has 6 heteroatoms. The molecule has 21 heavy (non-hydrogen) atoms. The van der Waals surface area contributed by atoms with E-state index >= 15 is 0 Å². The molecular weight excluding hydrogens is 282 g/mol. The van der Waals surface area contributed by atoms with E-state index in [1.54, 1.807) is 17.7 Å². The zero-order chi connectivity index (χ0) is 14.2. The molecule has 0 spiro atoms. The normalized spacial score (nSPS) is 18.7. The quantitative estimate of drug-likeness (QED) is 0.806. The molecule has 4 heterocycles. The van der Waals surface area contributed by atoms with Crippen LogP contribution in [0.3, 0.4) is 0 Å². The molecule has 1 N–H and O–H groups in total. The van der Waals surface area contributed by atoms with Gasteiger partial charge in [-0.05, 0) is 31.4 Å². The van der Waals surface area contributed by atoms with Gasteiger partial charge in [0.05, 0.1) is 17.1 Å². The minimum atomic E-state index is 0.343. The highest BCUT2D eigenvalue weighted by Crippen LogP contribution is 2.38. The van der Waals surface area contributed by atoms with Crippen molar-refractivity contribution in [3.63, 3.8) is 0 Å². The van der Waals surface area contributed by atoms with Gasteiger partial charge in [-0.2, -0.15) is 5.10 Å². The maximum absolute atomic E-state index is 4.58. The average Bonchev–Trinajstić information content (AvgIpc) is 3.24. The molecule has 0 radical (unpaired) electrons. The van der Waals surface area contributed by atoms with Crippen LogP contribution in [0, 0.1) is 0 Å². The number of nitrogens with one attached hydrogen (secondary N) is 1. The first-order valence-corrected chi connectivity index (χ1v) is 8.18. The Morgan fingerprint density at radius 3 is 3.19 bits per heavy atom. The molecule has 3 aromatic heterocycles. The number of H-pyrrole nitrogens is 1. The summed E-state index contributed by atoms with van der Waals surface area (Å²) < 4.78 is 0. The van der Waals surface area contributed by atoms with E-state index in [-0.39, 0.29) is 0 Å². The van der Waals surface area contributed by atoms with Gasteiger partial charge in [-0.3, -0.25) is 5.10 Å². The summed E-state index contributed by atoms with van der Waals surface area (Å²) in [5.41, 5.74) is 1.17. The summed E-state index contributed by atoms with van der Waals surface area (Å²) in [7, 11) is 0. The average molecular weight is 299 g/mol. The predicted molar refractivity (Wildman–Crippen MR) is 84.7 cm³/mol. The number of rotatable bonds is 3. The van der Waals surface area contributed by atoms with Gasteiger partial charge in [0.25, 0.3) is 0 Å². The molecule has 1 saturated heterocycles. The SMILES string of the molecule is CCc1cc2c(N3CCC[C@H]3c3ccn[nH]3)ncnc2s1. The molecule has 0 aliphatic carbocycles. The van der Waals surface area contributed by atoms with Crippen LogP contribution in [-0.2, 0) is 6.42 Å². The van der Waals surface area contributed by atoms with E-state index in [4.69, 9.17) is 0 Å². The molecule has 3 aromatic rings. The van der Waals surface area contributed by atoms with Gasteiger partial charge in [-0.25, -0.2) is 9.97 Å². The topological polar surface area (TPSA) is 57.7 Å². The molecule has 0 unspecified atom stereocenters. The van der Waals surface area contributed by atoms with Crippen molar-refractivity contribution in [1.82, 2.24) is 20.2 Å². The van der Waals surface area contributed by atoms with Crippen molar-refractivity contribution in [1.29, 1.82) is 0 Å². The van der Waals surface area contributed by atoms with E-state index in [0.29, 0.717) is 6.04 Å². The van der Waals surface area contributed by atoms with Crippen molar-refractivity contribution in [2.75, 3.05) is 11.4 Å². The molecule has 0 bridgehead atoms. The smallest absolute Gasteiger partial charge is 0.141 e. The Kier molecular flexibility index (Phi) is 3.11. The van der Waals surface area contributed by atoms with Gasteiger partial charge in [0.2, 0.25) is 0 Å². The number of aryl methyl sites for hydroxylation is 1. The van der Waals surface area contributed by atoms with Crippen molar-refractivity contribution in [2.24, 2.45) is 0 Å². The van der Waals surface area contributed by atoms with Crippen LogP contribution in [0.1, 0.15) is 36.4 Å². The van der Waals surface area contributed by atoms with Crippen LogP contribution in [0.2, 0.25) is 0 Å². The second kappa shape index (κ2) is 5.11. The summed E-state index contributed by atoms with van der Waals surface area (Å²) >= 11 is 1.77. The number of anilines is 1. The molecule has 1 atom stereocenters. The van der Waals surface area contributed by atoms with Crippen molar-refractivity contribution in [3.8, 4) is 0 Å². The van der Waals surface area contributed by atoms with Crippen molar-refractivity contribution < 1.29 is 0 Å². The summed E-state index contributed by atoms with van der Waals surface area (Å²) in [6.45, 7) is 3.22. The third-order valence-electron chi connectivity index (χ3n) is 4.11. The molecule has 0 saturated carbocycles. The molecular formula is C15H17N5S. The predicted octanol–water partition coefficient (Wildman–Crippen LogP) is 3.32. The Morgan fingerprint density at radius 1 is 1.43 bits per heavy atom. The van der Waals surface area contributed by atoms with Crippen molar-refractivity contribution in [3.05, 3.63) is 35.2 Å². The first-order chi connectivity index (χ1) is 10.4. The summed E-state index contributed by atoms with van der Waals surface area (Å²) in [6, 6.07) is 4.65. The fourth-order valence-corrected chi connectivity index (χ4v) is 4.02. The van der Waals surface area contributed by atoms with Crippen LogP contribution >= 0.6 is 11.3 Å². The van der Waals surface area contributed by atoms with Gasteiger partial charge in [-0.15, -0.1) is 11.3 Å². The number of hydrogen-bond acceptors (Lipinski definition) is 5. The van der Waals surface area contributed by atoms with E-state index in [0.717, 1.165) is 30.0 Å². The van der Waals surface area contributed by atoms with Crippen molar-refractivity contribution in [2.45, 2.75) is 32.2 Å². The zero-order valence-electron chi connectivity index (χ0n) is 11.9. The van der Waals surface area contributed by atoms with Gasteiger partial charge in [0.15, 0.2) is 0 Å². The molecule has 5 nitrogen and oxygen atoms in total. The summed E-state index contributed by atoms with van der Waals surface area (Å²) in [6.07, 6.45) is 6.87. The molecule has 0 amide bonds. The Balaban J connectivity index is 1.80. The third kappa shape index (κ3) is 2.10. The number of thiophene rings is 1. The molecule has 1 aliphatic rings. The number of nitrogens with zero attached hydrogens (tertiary/aromatic N) is 4. The zero-order valence-corrected chi connectivity index (χ0v) is 12.7. The summed E-state index contributed by atoms with van der Waals surface area (Å²) in [5, 5.41) is 8.39. The highest BCUT2D eigenvalue weighted by Gasteiger charge is 2.29. The van der Waals surface area contributed by atoms with E-state index < -0.39 is 0 Å². The van der Waals surface area contributed by atoms with Gasteiger partial charge < -0.3 is 4.90 Å². The largest absolute Gasteiger partial charge is 0.347 e. The summed E-state index contributed by atoms with van der Waals surface area (Å²) in [4.78, 5) is 13.9. The monoisotopic (exact) mass is 299 g/mol. The van der Waals surface area contributed by atoms with Crippen LogP contribution in [0.5, 0.6) is 0 Å². The minimum absolute atomic E-state index is 0.343. The van der Waals surface area contributed by atoms with Crippen LogP contribution in [0.25, 0.3) is 10.2 Å². The number of hydrogen-bond donors (Lipinski definition) is 1. The van der Waals surface area contributed by atoms with Crippen LogP contribution in [-0.4, -0.2) is 26.7 Å². The first-order valence-electron chi connectivity index (χ1n) is 7.36. The molecule has 0 aromatic carbocycles. The molecule has 108 valence electrons. The lowest BCUT2D eigenvalue weighted by Crippen LogP contribution is -2.24. The van der Waals surface area contributed by atoms with E-state index in [1.807, 2.05) is 6.20 Å². The Morgan fingerprint density at radius 2 is 2.38 bits per heavy atom. The first kappa shape index (κ1) is 12.8. The number of fused-ring (bicyclic) bond motifs is 1. The maximum atomic E-state index is 4.58. The molecule has 4 rings (SSSR count). The lowest BCUT2D eigenvalue weighted by molar-refractivity contribution is 0.685. The van der Waals surface area contributed by atoms with Crippen LogP contribution in [0.15, 0.2) is 24.7 Å². The molecule has 1 aliphatic heterocycles. The third-order valence-corrected chi connectivity index (χ3v) is 5.30. The highest BCUT2D eigenvalue weighted by molar-refractivity contribution is 7.18. The van der Waals surface area contributed by atoms with Gasteiger partial charge in [-0.1, -0.05) is 6.92 Å². The van der Waals surface area contributed by atoms with Gasteiger partial charge in [0, 0.05) is 17.6 Å². The highest BCUT2D eigenvalue weighted by atomic mass is 32.1. The number of aromatic nitrogens is 4. The fourth-order valence-electron chi connectivity index (χ4n) is 3.09. The fraction of sp³-hybridized carbons (Fsp3) is 0.400. The standard InChI is InChI=1S/C15H17N5S/c1-2-10-8-11-14(16-9-17-15(11)21-10)20-7-3-4-13(20)12-5-6-18-19-12/h5-6,8-9,13H,2-4,7H2,1H3,(H,18,19)/t13-/m0/s1. The van der Waals surface area contributed by atoms with Gasteiger partial charge in [0.1, 0.15) is 17.0 Å². The Hall–Kier alpha value is -1.95. The van der Waals surface area contributed by atoms with Crippen LogP contribution < -0.4 is 4.90 Å². The lowest BCUT2D eigenvalue weighted by Gasteiger charge is -2.25. The second-order valence-corrected chi connectivity index (χ2v) is 6.46. The van der Waals surface area contributed by atoms with Crippen LogP contribution in [0.4, 0.5) is 5.82 Å². The van der Waals surface area contributed by atoms with E-state index in [2.05, 4.69) is 44.1 Å². The molecule has 1 fully saturated rings. The van der Waals surface area contributed by atoms with Crippen molar-refractivity contribution >= 4 is 27.4 Å². The Labute approximate surface area is 127 Å². The Bertz CT molecular complexity index is 749. The van der Waals surface area contributed by atoms with Gasteiger partial charge >= 0.3 is 0 Å². The van der Waals surface area contributed by atoms with E-state index in [1.165, 1.54) is 22.4 Å². The summed E-state index contributed by atoms with van der Waals surface area (Å²) in [5.74, 6) is 1.06. The van der Waals surface area contributed by atoms with E-state index in [9.17, 15) is 0 Å². The number of aromatic amines is 1. The lowest BCUT2D eigenvalue weighted by atomic mass is 10.1.